The van der Waals surface area contributed by atoms with Crippen LogP contribution in [0.15, 0.2) is 0 Å². The fourth-order valence-electron chi connectivity index (χ4n) is 1.92. The molecule has 0 atom stereocenters. The SMILES string of the molecule is O=C(CC1CCC1)NCC1(C(=O)O)CC1. The van der Waals surface area contributed by atoms with Crippen molar-refractivity contribution in [1.82, 2.24) is 5.32 Å². The number of amides is 1. The predicted molar refractivity (Wildman–Crippen MR) is 54.3 cm³/mol. The van der Waals surface area contributed by atoms with E-state index < -0.39 is 11.4 Å². The Kier molecular flexibility index (Phi) is 2.67. The maximum Gasteiger partial charge on any atom is 0.311 e. The Morgan fingerprint density at radius 1 is 1.33 bits per heavy atom. The second-order valence-corrected chi connectivity index (χ2v) is 4.86. The molecule has 0 saturated heterocycles. The van der Waals surface area contributed by atoms with Crippen molar-refractivity contribution in [1.29, 1.82) is 0 Å². The average Bonchev–Trinajstić information content (AvgIpc) is 2.89. The molecule has 0 aromatic carbocycles. The third-order valence-corrected chi connectivity index (χ3v) is 3.63. The number of rotatable bonds is 5. The average molecular weight is 211 g/mol. The highest BCUT2D eigenvalue weighted by Crippen LogP contribution is 2.45. The van der Waals surface area contributed by atoms with E-state index in [4.69, 9.17) is 5.11 Å². The van der Waals surface area contributed by atoms with E-state index in [0.717, 1.165) is 12.8 Å². The molecule has 15 heavy (non-hydrogen) atoms. The zero-order valence-electron chi connectivity index (χ0n) is 8.79. The van der Waals surface area contributed by atoms with Gasteiger partial charge >= 0.3 is 5.97 Å². The molecule has 2 N–H and O–H groups in total. The quantitative estimate of drug-likeness (QED) is 0.717. The molecular formula is C11H17NO3. The summed E-state index contributed by atoms with van der Waals surface area (Å²) in [6, 6.07) is 0. The van der Waals surface area contributed by atoms with Gasteiger partial charge in [-0.25, -0.2) is 0 Å². The van der Waals surface area contributed by atoms with Gasteiger partial charge < -0.3 is 10.4 Å². The number of hydrogen-bond donors (Lipinski definition) is 2. The van der Waals surface area contributed by atoms with Gasteiger partial charge in [-0.1, -0.05) is 6.42 Å². The summed E-state index contributed by atoms with van der Waals surface area (Å²) in [6.45, 7) is 0.313. The van der Waals surface area contributed by atoms with Crippen LogP contribution >= 0.6 is 0 Å². The Hall–Kier alpha value is -1.06. The van der Waals surface area contributed by atoms with E-state index in [2.05, 4.69) is 5.32 Å². The summed E-state index contributed by atoms with van der Waals surface area (Å²) in [7, 11) is 0. The molecule has 0 aliphatic heterocycles. The van der Waals surface area contributed by atoms with Gasteiger partial charge in [-0.15, -0.1) is 0 Å². The first-order chi connectivity index (χ1) is 7.12. The summed E-state index contributed by atoms with van der Waals surface area (Å²) in [4.78, 5) is 22.3. The maximum atomic E-state index is 11.4. The predicted octanol–water partition coefficient (Wildman–Crippen LogP) is 1.16. The second-order valence-electron chi connectivity index (χ2n) is 4.86. The summed E-state index contributed by atoms with van der Waals surface area (Å²) in [5, 5.41) is 11.7. The lowest BCUT2D eigenvalue weighted by Gasteiger charge is -2.24. The lowest BCUT2D eigenvalue weighted by Crippen LogP contribution is -2.35. The standard InChI is InChI=1S/C11H17NO3/c13-9(6-8-2-1-3-8)12-7-11(4-5-11)10(14)15/h8H,1-7H2,(H,12,13)(H,14,15). The number of nitrogens with one attached hydrogen (secondary N) is 1. The van der Waals surface area contributed by atoms with Crippen LogP contribution in [0.4, 0.5) is 0 Å². The highest BCUT2D eigenvalue weighted by molar-refractivity contribution is 5.81. The number of carboxylic acids is 1. The Balaban J connectivity index is 1.68. The molecule has 0 aromatic rings. The minimum atomic E-state index is -0.772. The molecule has 2 rings (SSSR count). The molecule has 0 spiro atoms. The van der Waals surface area contributed by atoms with Crippen molar-refractivity contribution in [3.63, 3.8) is 0 Å². The number of carbonyl (C=O) groups excluding carboxylic acids is 1. The Labute approximate surface area is 89.0 Å². The van der Waals surface area contributed by atoms with Crippen LogP contribution in [0.25, 0.3) is 0 Å². The number of hydrogen-bond acceptors (Lipinski definition) is 2. The molecule has 0 aromatic heterocycles. The van der Waals surface area contributed by atoms with E-state index in [1.54, 1.807) is 0 Å². The van der Waals surface area contributed by atoms with Gasteiger partial charge in [0.1, 0.15) is 0 Å². The monoisotopic (exact) mass is 211 g/mol. The van der Waals surface area contributed by atoms with Gasteiger partial charge in [-0.05, 0) is 31.6 Å². The molecule has 2 saturated carbocycles. The second kappa shape index (κ2) is 3.83. The molecule has 4 nitrogen and oxygen atoms in total. The molecule has 0 radical (unpaired) electrons. The van der Waals surface area contributed by atoms with Crippen molar-refractivity contribution in [2.45, 2.75) is 38.5 Å². The molecule has 1 amide bonds. The van der Waals surface area contributed by atoms with Gasteiger partial charge in [0.25, 0.3) is 0 Å². The lowest BCUT2D eigenvalue weighted by molar-refractivity contribution is -0.143. The van der Waals surface area contributed by atoms with Crippen LogP contribution in [0.1, 0.15) is 38.5 Å². The number of aliphatic carboxylic acids is 1. The summed E-state index contributed by atoms with van der Waals surface area (Å²) in [6.07, 6.45) is 5.51. The summed E-state index contributed by atoms with van der Waals surface area (Å²) >= 11 is 0. The van der Waals surface area contributed by atoms with Crippen molar-refractivity contribution in [2.24, 2.45) is 11.3 Å². The molecule has 2 aliphatic carbocycles. The Morgan fingerprint density at radius 3 is 2.40 bits per heavy atom. The van der Waals surface area contributed by atoms with Crippen LogP contribution in [0.3, 0.4) is 0 Å². The summed E-state index contributed by atoms with van der Waals surface area (Å²) in [5.41, 5.74) is -0.630. The van der Waals surface area contributed by atoms with Crippen LogP contribution in [0.5, 0.6) is 0 Å². The van der Waals surface area contributed by atoms with E-state index in [1.807, 2.05) is 0 Å². The number of carbonyl (C=O) groups is 2. The first-order valence-electron chi connectivity index (χ1n) is 5.62. The third kappa shape index (κ3) is 2.30. The van der Waals surface area contributed by atoms with Crippen molar-refractivity contribution >= 4 is 11.9 Å². The molecule has 2 fully saturated rings. The van der Waals surface area contributed by atoms with Gasteiger partial charge in [-0.3, -0.25) is 9.59 Å². The first-order valence-corrected chi connectivity index (χ1v) is 5.62. The smallest absolute Gasteiger partial charge is 0.311 e. The molecule has 0 unspecified atom stereocenters. The lowest BCUT2D eigenvalue weighted by atomic mass is 9.83. The zero-order chi connectivity index (χ0) is 10.9. The highest BCUT2D eigenvalue weighted by atomic mass is 16.4. The summed E-state index contributed by atoms with van der Waals surface area (Å²) < 4.78 is 0. The van der Waals surface area contributed by atoms with Crippen molar-refractivity contribution in [2.75, 3.05) is 6.54 Å². The van der Waals surface area contributed by atoms with E-state index in [-0.39, 0.29) is 5.91 Å². The molecule has 2 aliphatic rings. The van der Waals surface area contributed by atoms with Crippen LogP contribution in [0.2, 0.25) is 0 Å². The van der Waals surface area contributed by atoms with Crippen molar-refractivity contribution in [3.05, 3.63) is 0 Å². The summed E-state index contributed by atoms with van der Waals surface area (Å²) in [5.74, 6) is -0.205. The van der Waals surface area contributed by atoms with Crippen LogP contribution in [-0.2, 0) is 9.59 Å². The molecule has 0 heterocycles. The van der Waals surface area contributed by atoms with Crippen LogP contribution in [-0.4, -0.2) is 23.5 Å². The molecule has 84 valence electrons. The number of carboxylic acid groups (broad SMARTS) is 1. The van der Waals surface area contributed by atoms with Gasteiger partial charge in [0.05, 0.1) is 5.41 Å². The first kappa shape index (κ1) is 10.5. The van der Waals surface area contributed by atoms with Crippen molar-refractivity contribution in [3.8, 4) is 0 Å². The Bertz CT molecular complexity index is 280. The fraction of sp³-hybridized carbons (Fsp3) is 0.818. The van der Waals surface area contributed by atoms with Crippen molar-refractivity contribution < 1.29 is 14.7 Å². The van der Waals surface area contributed by atoms with E-state index in [1.165, 1.54) is 6.42 Å². The van der Waals surface area contributed by atoms with E-state index in [0.29, 0.717) is 31.7 Å². The molecule has 4 heteroatoms. The molecular weight excluding hydrogens is 194 g/mol. The minimum Gasteiger partial charge on any atom is -0.481 e. The minimum absolute atomic E-state index is 0.0206. The van der Waals surface area contributed by atoms with Gasteiger partial charge in [0.2, 0.25) is 5.91 Å². The third-order valence-electron chi connectivity index (χ3n) is 3.63. The topological polar surface area (TPSA) is 66.4 Å². The van der Waals surface area contributed by atoms with Crippen LogP contribution in [0, 0.1) is 11.3 Å². The molecule has 0 bridgehead atoms. The Morgan fingerprint density at radius 2 is 2.00 bits per heavy atom. The highest BCUT2D eigenvalue weighted by Gasteiger charge is 2.50. The maximum absolute atomic E-state index is 11.4. The zero-order valence-corrected chi connectivity index (χ0v) is 8.79. The fourth-order valence-corrected chi connectivity index (χ4v) is 1.92. The van der Waals surface area contributed by atoms with E-state index in [9.17, 15) is 9.59 Å². The van der Waals surface area contributed by atoms with Gasteiger partial charge in [0, 0.05) is 13.0 Å². The largest absolute Gasteiger partial charge is 0.481 e. The van der Waals surface area contributed by atoms with Gasteiger partial charge in [-0.2, -0.15) is 0 Å². The normalized spacial score (nSPS) is 22.9. The van der Waals surface area contributed by atoms with Gasteiger partial charge in [0.15, 0.2) is 0 Å². The van der Waals surface area contributed by atoms with Crippen LogP contribution < -0.4 is 5.32 Å². The van der Waals surface area contributed by atoms with E-state index >= 15 is 0 Å².